The van der Waals surface area contributed by atoms with E-state index in [1.54, 1.807) is 11.3 Å². The molecule has 1 saturated carbocycles. The molecule has 1 aromatic rings. The Kier molecular flexibility index (Phi) is 3.79. The molecule has 0 aromatic carbocycles. The van der Waals surface area contributed by atoms with E-state index < -0.39 is 0 Å². The molecule has 0 bridgehead atoms. The molecule has 0 spiro atoms. The predicted molar refractivity (Wildman–Crippen MR) is 60.7 cm³/mol. The first-order valence-corrected chi connectivity index (χ1v) is 6.39. The van der Waals surface area contributed by atoms with Gasteiger partial charge in [0.05, 0.1) is 5.01 Å². The summed E-state index contributed by atoms with van der Waals surface area (Å²) in [4.78, 5) is 7.13. The molecular formula is C10H15ClN2S. The number of thiazole rings is 1. The monoisotopic (exact) mass is 230 g/mol. The number of hydrogen-bond acceptors (Lipinski definition) is 3. The Labute approximate surface area is 93.8 Å². The summed E-state index contributed by atoms with van der Waals surface area (Å²) in [7, 11) is 0. The Morgan fingerprint density at radius 1 is 1.43 bits per heavy atom. The van der Waals surface area contributed by atoms with Gasteiger partial charge in [0, 0.05) is 24.0 Å². The van der Waals surface area contributed by atoms with E-state index >= 15 is 0 Å². The quantitative estimate of drug-likeness (QED) is 0.807. The number of halogens is 1. The molecule has 0 aliphatic heterocycles. The van der Waals surface area contributed by atoms with Crippen molar-refractivity contribution in [1.29, 1.82) is 0 Å². The highest BCUT2D eigenvalue weighted by Gasteiger charge is 2.23. The van der Waals surface area contributed by atoms with E-state index in [0.717, 1.165) is 12.5 Å². The van der Waals surface area contributed by atoms with Crippen molar-refractivity contribution in [2.75, 3.05) is 6.54 Å². The van der Waals surface area contributed by atoms with Crippen LogP contribution in [-0.4, -0.2) is 11.5 Å². The Morgan fingerprint density at radius 2 is 2.21 bits per heavy atom. The first kappa shape index (κ1) is 10.4. The van der Waals surface area contributed by atoms with Crippen LogP contribution in [0.15, 0.2) is 11.6 Å². The SMILES string of the molecule is ClNC[C@H]1CC[C@H](c2nccs2)CC1. The van der Waals surface area contributed by atoms with E-state index in [4.69, 9.17) is 11.8 Å². The second-order valence-corrected chi connectivity index (χ2v) is 5.12. The fraction of sp³-hybridized carbons (Fsp3) is 0.700. The van der Waals surface area contributed by atoms with Crippen molar-refractivity contribution in [3.05, 3.63) is 16.6 Å². The largest absolute Gasteiger partial charge is 0.249 e. The fourth-order valence-corrected chi connectivity index (χ4v) is 3.19. The normalized spacial score (nSPS) is 27.8. The van der Waals surface area contributed by atoms with Gasteiger partial charge in [-0.3, -0.25) is 0 Å². The van der Waals surface area contributed by atoms with Crippen LogP contribution in [0.25, 0.3) is 0 Å². The number of rotatable bonds is 3. The van der Waals surface area contributed by atoms with Crippen molar-refractivity contribution in [3.8, 4) is 0 Å². The molecule has 1 aliphatic rings. The Hall–Kier alpha value is -0.120. The standard InChI is InChI=1S/C10H15ClN2S/c11-13-7-8-1-3-9(4-2-8)10-12-5-6-14-10/h5-6,8-9,13H,1-4,7H2/t8-,9-. The lowest BCUT2D eigenvalue weighted by molar-refractivity contribution is 0.326. The van der Waals surface area contributed by atoms with Crippen LogP contribution < -0.4 is 4.84 Å². The number of aromatic nitrogens is 1. The highest BCUT2D eigenvalue weighted by Crippen LogP contribution is 2.36. The van der Waals surface area contributed by atoms with Gasteiger partial charge in [-0.1, -0.05) is 0 Å². The molecule has 0 atom stereocenters. The molecule has 78 valence electrons. The van der Waals surface area contributed by atoms with Gasteiger partial charge in [0.25, 0.3) is 0 Å². The summed E-state index contributed by atoms with van der Waals surface area (Å²) in [6, 6.07) is 0. The summed E-state index contributed by atoms with van der Waals surface area (Å²) in [6.07, 6.45) is 7.02. The van der Waals surface area contributed by atoms with E-state index in [-0.39, 0.29) is 0 Å². The number of hydrogen-bond donors (Lipinski definition) is 1. The lowest BCUT2D eigenvalue weighted by atomic mass is 9.82. The van der Waals surface area contributed by atoms with Gasteiger partial charge in [0.1, 0.15) is 0 Å². The average Bonchev–Trinajstić information content (AvgIpc) is 2.72. The van der Waals surface area contributed by atoms with Crippen LogP contribution in [0, 0.1) is 5.92 Å². The molecule has 0 saturated heterocycles. The van der Waals surface area contributed by atoms with Crippen LogP contribution >= 0.6 is 23.1 Å². The molecule has 1 aromatic heterocycles. The third kappa shape index (κ3) is 2.47. The van der Waals surface area contributed by atoms with Gasteiger partial charge in [-0.05, 0) is 43.4 Å². The summed E-state index contributed by atoms with van der Waals surface area (Å²) in [5.74, 6) is 1.48. The maximum Gasteiger partial charge on any atom is 0.0955 e. The van der Waals surface area contributed by atoms with Crippen molar-refractivity contribution < 1.29 is 0 Å². The second kappa shape index (κ2) is 5.10. The molecule has 1 fully saturated rings. The van der Waals surface area contributed by atoms with E-state index in [9.17, 15) is 0 Å². The summed E-state index contributed by atoms with van der Waals surface area (Å²) in [5, 5.41) is 3.39. The molecule has 1 aliphatic carbocycles. The zero-order valence-electron chi connectivity index (χ0n) is 8.08. The molecule has 1 N–H and O–H groups in total. The van der Waals surface area contributed by atoms with E-state index in [1.807, 2.05) is 6.20 Å². The second-order valence-electron chi connectivity index (χ2n) is 3.93. The number of nitrogens with one attached hydrogen (secondary N) is 1. The smallest absolute Gasteiger partial charge is 0.0955 e. The molecule has 2 rings (SSSR count). The average molecular weight is 231 g/mol. The van der Waals surface area contributed by atoms with Gasteiger partial charge in [0.15, 0.2) is 0 Å². The highest BCUT2D eigenvalue weighted by atomic mass is 35.5. The summed E-state index contributed by atoms with van der Waals surface area (Å²) < 4.78 is 0. The zero-order valence-corrected chi connectivity index (χ0v) is 9.65. The van der Waals surface area contributed by atoms with Crippen molar-refractivity contribution in [1.82, 2.24) is 9.82 Å². The van der Waals surface area contributed by atoms with Crippen LogP contribution in [0.2, 0.25) is 0 Å². The van der Waals surface area contributed by atoms with Crippen LogP contribution in [0.3, 0.4) is 0 Å². The van der Waals surface area contributed by atoms with Crippen LogP contribution in [0.1, 0.15) is 36.6 Å². The van der Waals surface area contributed by atoms with E-state index in [1.165, 1.54) is 30.7 Å². The zero-order chi connectivity index (χ0) is 9.80. The summed E-state index contributed by atoms with van der Waals surface area (Å²) in [6.45, 7) is 0.951. The Balaban J connectivity index is 1.84. The molecule has 0 unspecified atom stereocenters. The number of nitrogens with zero attached hydrogens (tertiary/aromatic N) is 1. The van der Waals surface area contributed by atoms with Gasteiger partial charge >= 0.3 is 0 Å². The van der Waals surface area contributed by atoms with Crippen LogP contribution in [-0.2, 0) is 0 Å². The summed E-state index contributed by atoms with van der Waals surface area (Å²) in [5.41, 5.74) is 0. The minimum Gasteiger partial charge on any atom is -0.249 e. The van der Waals surface area contributed by atoms with Crippen molar-refractivity contribution in [2.24, 2.45) is 5.92 Å². The van der Waals surface area contributed by atoms with Crippen molar-refractivity contribution in [3.63, 3.8) is 0 Å². The Bertz CT molecular complexity index is 255. The maximum absolute atomic E-state index is 5.51. The van der Waals surface area contributed by atoms with Gasteiger partial charge in [-0.2, -0.15) is 0 Å². The minimum atomic E-state index is 0.710. The predicted octanol–water partition coefficient (Wildman–Crippen LogP) is 3.16. The van der Waals surface area contributed by atoms with Gasteiger partial charge in [-0.25, -0.2) is 9.82 Å². The molecule has 1 heterocycles. The van der Waals surface area contributed by atoms with E-state index in [2.05, 4.69) is 15.2 Å². The van der Waals surface area contributed by atoms with Gasteiger partial charge in [0.2, 0.25) is 0 Å². The highest BCUT2D eigenvalue weighted by molar-refractivity contribution is 7.09. The van der Waals surface area contributed by atoms with Gasteiger partial charge < -0.3 is 0 Å². The van der Waals surface area contributed by atoms with Crippen molar-refractivity contribution >= 4 is 23.1 Å². The third-order valence-electron chi connectivity index (χ3n) is 3.01. The van der Waals surface area contributed by atoms with Crippen LogP contribution in [0.4, 0.5) is 0 Å². The van der Waals surface area contributed by atoms with E-state index in [0.29, 0.717) is 5.92 Å². The first-order valence-electron chi connectivity index (χ1n) is 5.13. The third-order valence-corrected chi connectivity index (χ3v) is 4.11. The molecular weight excluding hydrogens is 216 g/mol. The molecule has 0 radical (unpaired) electrons. The molecule has 2 nitrogen and oxygen atoms in total. The molecule has 14 heavy (non-hydrogen) atoms. The van der Waals surface area contributed by atoms with Crippen LogP contribution in [0.5, 0.6) is 0 Å². The topological polar surface area (TPSA) is 24.9 Å². The lowest BCUT2D eigenvalue weighted by Gasteiger charge is -2.26. The Morgan fingerprint density at radius 3 is 2.79 bits per heavy atom. The molecule has 0 amide bonds. The van der Waals surface area contributed by atoms with Crippen molar-refractivity contribution in [2.45, 2.75) is 31.6 Å². The maximum atomic E-state index is 5.51. The lowest BCUT2D eigenvalue weighted by Crippen LogP contribution is -2.20. The van der Waals surface area contributed by atoms with Gasteiger partial charge in [-0.15, -0.1) is 11.3 Å². The minimum absolute atomic E-state index is 0.710. The first-order chi connectivity index (χ1) is 6.90. The summed E-state index contributed by atoms with van der Waals surface area (Å²) >= 11 is 7.30. The molecule has 4 heteroatoms. The fourth-order valence-electron chi connectivity index (χ4n) is 2.16.